The van der Waals surface area contributed by atoms with Gasteiger partial charge in [-0.25, -0.2) is 0 Å². The van der Waals surface area contributed by atoms with Gasteiger partial charge in [0.1, 0.15) is 0 Å². The average Bonchev–Trinajstić information content (AvgIpc) is 2.68. The number of anilines is 2. The number of carbonyl (C=O) groups excluding carboxylic acids is 2. The first-order valence-electron chi connectivity index (χ1n) is 8.56. The number of hydrogen-bond acceptors (Lipinski definition) is 3. The molecule has 0 saturated heterocycles. The topological polar surface area (TPSA) is 70.2 Å². The normalized spacial score (nSPS) is 10.2. The van der Waals surface area contributed by atoms with Gasteiger partial charge in [0.25, 0.3) is 11.8 Å². The Morgan fingerprint density at radius 1 is 0.733 bits per heavy atom. The van der Waals surface area contributed by atoms with E-state index >= 15 is 0 Å². The van der Waals surface area contributed by atoms with Crippen molar-refractivity contribution in [2.75, 3.05) is 10.6 Å². The summed E-state index contributed by atoms with van der Waals surface area (Å²) in [4.78, 5) is 24.7. The van der Waals surface area contributed by atoms with Gasteiger partial charge in [0, 0.05) is 27.0 Å². The lowest BCUT2D eigenvalue weighted by Crippen LogP contribution is -2.34. The quantitative estimate of drug-likeness (QED) is 0.401. The second kappa shape index (κ2) is 9.91. The molecule has 0 aliphatic carbocycles. The standard InChI is InChI=1S/C21H14Cl3N3O2S/c22-13-6-4-12(5-7-13)19(28)27-21(30)26-16-3-1-2-15(11-16)25-20(29)17-9-8-14(23)10-18(17)24/h1-11H,(H,25,29)(H2,26,27,28,30). The largest absolute Gasteiger partial charge is 0.332 e. The minimum atomic E-state index is -0.382. The number of thiocarbonyl (C=S) groups is 1. The maximum Gasteiger partial charge on any atom is 0.257 e. The van der Waals surface area contributed by atoms with Crippen LogP contribution in [0.1, 0.15) is 20.7 Å². The number of benzene rings is 3. The lowest BCUT2D eigenvalue weighted by molar-refractivity contribution is 0.0976. The van der Waals surface area contributed by atoms with E-state index in [4.69, 9.17) is 47.0 Å². The summed E-state index contributed by atoms with van der Waals surface area (Å²) in [7, 11) is 0. The molecule has 0 aliphatic heterocycles. The smallest absolute Gasteiger partial charge is 0.257 e. The van der Waals surface area contributed by atoms with Gasteiger partial charge in [-0.2, -0.15) is 0 Å². The molecule has 2 amide bonds. The molecule has 0 bridgehead atoms. The monoisotopic (exact) mass is 477 g/mol. The molecule has 0 spiro atoms. The summed E-state index contributed by atoms with van der Waals surface area (Å²) in [5.74, 6) is -0.751. The van der Waals surface area contributed by atoms with Gasteiger partial charge in [0.15, 0.2) is 5.11 Å². The minimum Gasteiger partial charge on any atom is -0.332 e. The van der Waals surface area contributed by atoms with Crippen LogP contribution in [0.4, 0.5) is 11.4 Å². The van der Waals surface area contributed by atoms with Crippen LogP contribution in [0.15, 0.2) is 66.7 Å². The Morgan fingerprint density at radius 2 is 1.37 bits per heavy atom. The van der Waals surface area contributed by atoms with Crippen molar-refractivity contribution in [3.8, 4) is 0 Å². The van der Waals surface area contributed by atoms with Crippen molar-refractivity contribution in [1.82, 2.24) is 5.32 Å². The Balaban J connectivity index is 1.63. The van der Waals surface area contributed by atoms with Gasteiger partial charge in [0.05, 0.1) is 10.6 Å². The van der Waals surface area contributed by atoms with Crippen LogP contribution < -0.4 is 16.0 Å². The molecule has 0 aromatic heterocycles. The molecule has 0 atom stereocenters. The molecule has 3 aromatic carbocycles. The zero-order chi connectivity index (χ0) is 21.7. The Labute approximate surface area is 193 Å². The molecule has 0 fully saturated rings. The van der Waals surface area contributed by atoms with Crippen LogP contribution in [-0.4, -0.2) is 16.9 Å². The highest BCUT2D eigenvalue weighted by Gasteiger charge is 2.12. The number of hydrogen-bond donors (Lipinski definition) is 3. The lowest BCUT2D eigenvalue weighted by Gasteiger charge is -2.12. The highest BCUT2D eigenvalue weighted by Crippen LogP contribution is 2.23. The highest BCUT2D eigenvalue weighted by atomic mass is 35.5. The van der Waals surface area contributed by atoms with Crippen molar-refractivity contribution in [2.45, 2.75) is 0 Å². The van der Waals surface area contributed by atoms with Crippen LogP contribution in [0.2, 0.25) is 15.1 Å². The molecule has 0 heterocycles. The third-order valence-corrected chi connectivity index (χ3v) is 4.89. The van der Waals surface area contributed by atoms with E-state index in [1.54, 1.807) is 60.7 Å². The van der Waals surface area contributed by atoms with E-state index in [9.17, 15) is 9.59 Å². The second-order valence-electron chi connectivity index (χ2n) is 6.07. The SMILES string of the molecule is O=C(NC(=S)Nc1cccc(NC(=O)c2ccc(Cl)cc2Cl)c1)c1ccc(Cl)cc1. The molecule has 3 aromatic rings. The van der Waals surface area contributed by atoms with Crippen LogP contribution >= 0.6 is 47.0 Å². The number of nitrogens with one attached hydrogen (secondary N) is 3. The lowest BCUT2D eigenvalue weighted by atomic mass is 10.2. The summed E-state index contributed by atoms with van der Waals surface area (Å²) in [6.07, 6.45) is 0. The van der Waals surface area contributed by atoms with E-state index < -0.39 is 0 Å². The molecule has 30 heavy (non-hydrogen) atoms. The maximum absolute atomic E-state index is 12.5. The Bertz CT molecular complexity index is 1120. The first-order chi connectivity index (χ1) is 14.3. The van der Waals surface area contributed by atoms with E-state index in [-0.39, 0.29) is 21.9 Å². The molecule has 152 valence electrons. The zero-order valence-electron chi connectivity index (χ0n) is 15.2. The van der Waals surface area contributed by atoms with E-state index in [1.807, 2.05) is 0 Å². The van der Waals surface area contributed by atoms with Crippen LogP contribution in [0.3, 0.4) is 0 Å². The van der Waals surface area contributed by atoms with Gasteiger partial charge in [-0.15, -0.1) is 0 Å². The summed E-state index contributed by atoms with van der Waals surface area (Å²) in [6, 6.07) is 17.9. The number of carbonyl (C=O) groups is 2. The molecule has 0 unspecified atom stereocenters. The van der Waals surface area contributed by atoms with Crippen molar-refractivity contribution in [2.24, 2.45) is 0 Å². The molecule has 3 rings (SSSR count). The van der Waals surface area contributed by atoms with Gasteiger partial charge >= 0.3 is 0 Å². The predicted octanol–water partition coefficient (Wildman–Crippen LogP) is 6.03. The first-order valence-corrected chi connectivity index (χ1v) is 10.1. The molecule has 9 heteroatoms. The fraction of sp³-hybridized carbons (Fsp3) is 0. The first kappa shape index (κ1) is 22.1. The van der Waals surface area contributed by atoms with Gasteiger partial charge in [-0.1, -0.05) is 40.9 Å². The van der Waals surface area contributed by atoms with Crippen molar-refractivity contribution in [3.05, 3.63) is 92.9 Å². The summed E-state index contributed by atoms with van der Waals surface area (Å²) >= 11 is 22.9. The van der Waals surface area contributed by atoms with Crippen molar-refractivity contribution in [3.63, 3.8) is 0 Å². The van der Waals surface area contributed by atoms with Crippen molar-refractivity contribution >= 4 is 75.3 Å². The average molecular weight is 479 g/mol. The van der Waals surface area contributed by atoms with Gasteiger partial charge in [0.2, 0.25) is 0 Å². The van der Waals surface area contributed by atoms with Gasteiger partial charge < -0.3 is 10.6 Å². The third kappa shape index (κ3) is 5.93. The number of amides is 2. The van der Waals surface area contributed by atoms with Crippen LogP contribution in [0.5, 0.6) is 0 Å². The van der Waals surface area contributed by atoms with Crippen molar-refractivity contribution < 1.29 is 9.59 Å². The van der Waals surface area contributed by atoms with E-state index in [1.165, 1.54) is 6.07 Å². The van der Waals surface area contributed by atoms with Crippen molar-refractivity contribution in [1.29, 1.82) is 0 Å². The fourth-order valence-corrected chi connectivity index (χ4v) is 3.32. The van der Waals surface area contributed by atoms with Crippen LogP contribution in [-0.2, 0) is 0 Å². The van der Waals surface area contributed by atoms with E-state index in [0.29, 0.717) is 32.5 Å². The molecular weight excluding hydrogens is 465 g/mol. The number of halogens is 3. The summed E-state index contributed by atoms with van der Waals surface area (Å²) < 4.78 is 0. The summed E-state index contributed by atoms with van der Waals surface area (Å²) in [5, 5.41) is 9.58. The predicted molar refractivity (Wildman–Crippen MR) is 126 cm³/mol. The summed E-state index contributed by atoms with van der Waals surface area (Å²) in [5.41, 5.74) is 1.81. The van der Waals surface area contributed by atoms with Crippen LogP contribution in [0, 0.1) is 0 Å². The Hall–Kier alpha value is -2.64. The van der Waals surface area contributed by atoms with E-state index in [0.717, 1.165) is 0 Å². The molecule has 0 saturated carbocycles. The van der Waals surface area contributed by atoms with Gasteiger partial charge in [-0.3, -0.25) is 14.9 Å². The second-order valence-corrected chi connectivity index (χ2v) is 7.76. The molecule has 5 nitrogen and oxygen atoms in total. The highest BCUT2D eigenvalue weighted by molar-refractivity contribution is 7.80. The Kier molecular flexibility index (Phi) is 7.29. The molecule has 3 N–H and O–H groups in total. The fourth-order valence-electron chi connectivity index (χ4n) is 2.49. The third-order valence-electron chi connectivity index (χ3n) is 3.89. The molecule has 0 aliphatic rings. The zero-order valence-corrected chi connectivity index (χ0v) is 18.3. The summed E-state index contributed by atoms with van der Waals surface area (Å²) in [6.45, 7) is 0. The Morgan fingerprint density at radius 3 is 2.03 bits per heavy atom. The maximum atomic E-state index is 12.5. The molecule has 0 radical (unpaired) electrons. The van der Waals surface area contributed by atoms with E-state index in [2.05, 4.69) is 16.0 Å². The minimum absolute atomic E-state index is 0.110. The molecular formula is C21H14Cl3N3O2S. The number of rotatable bonds is 4. The van der Waals surface area contributed by atoms with Crippen LogP contribution in [0.25, 0.3) is 0 Å². The van der Waals surface area contributed by atoms with Gasteiger partial charge in [-0.05, 0) is 72.9 Å².